The van der Waals surface area contributed by atoms with E-state index in [4.69, 9.17) is 4.42 Å². The minimum atomic E-state index is -4.72. The van der Waals surface area contributed by atoms with Gasteiger partial charge < -0.3 is 9.15 Å². The van der Waals surface area contributed by atoms with E-state index < -0.39 is 12.1 Å². The highest BCUT2D eigenvalue weighted by molar-refractivity contribution is 5.80. The first kappa shape index (κ1) is 16.2. The standard InChI is InChI=1S/C17H14F3NO3/c1-10(2)21-14-9-12(5-8-15(14)23-16(21)22)11-3-6-13(7-4-11)24-17(18,19)20/h3-10H,1-2H3. The molecule has 3 rings (SSSR count). The maximum Gasteiger partial charge on any atom is 0.573 e. The van der Waals surface area contributed by atoms with Gasteiger partial charge in [0, 0.05) is 6.04 Å². The highest BCUT2D eigenvalue weighted by atomic mass is 19.4. The smallest absolute Gasteiger partial charge is 0.408 e. The number of ether oxygens (including phenoxy) is 1. The zero-order valence-corrected chi connectivity index (χ0v) is 12.9. The fourth-order valence-corrected chi connectivity index (χ4v) is 2.55. The first-order valence-electron chi connectivity index (χ1n) is 7.26. The molecule has 24 heavy (non-hydrogen) atoms. The molecule has 1 heterocycles. The Morgan fingerprint density at radius 1 is 1.04 bits per heavy atom. The molecular formula is C17H14F3NO3. The van der Waals surface area contributed by atoms with E-state index in [0.717, 1.165) is 5.56 Å². The number of hydrogen-bond acceptors (Lipinski definition) is 3. The van der Waals surface area contributed by atoms with Crippen LogP contribution in [-0.4, -0.2) is 10.9 Å². The maximum absolute atomic E-state index is 12.2. The van der Waals surface area contributed by atoms with E-state index in [2.05, 4.69) is 4.74 Å². The molecule has 126 valence electrons. The molecule has 0 unspecified atom stereocenters. The Labute approximate surface area is 135 Å². The molecule has 0 atom stereocenters. The largest absolute Gasteiger partial charge is 0.573 e. The summed E-state index contributed by atoms with van der Waals surface area (Å²) in [5, 5.41) is 0. The Morgan fingerprint density at radius 3 is 2.25 bits per heavy atom. The molecule has 0 N–H and O–H groups in total. The van der Waals surface area contributed by atoms with E-state index in [9.17, 15) is 18.0 Å². The Hall–Kier alpha value is -2.70. The highest BCUT2D eigenvalue weighted by Crippen LogP contribution is 2.28. The number of fused-ring (bicyclic) bond motifs is 1. The molecule has 4 nitrogen and oxygen atoms in total. The lowest BCUT2D eigenvalue weighted by atomic mass is 10.1. The van der Waals surface area contributed by atoms with Crippen molar-refractivity contribution < 1.29 is 22.3 Å². The van der Waals surface area contributed by atoms with Crippen molar-refractivity contribution in [2.24, 2.45) is 0 Å². The van der Waals surface area contributed by atoms with Crippen molar-refractivity contribution in [2.45, 2.75) is 26.3 Å². The van der Waals surface area contributed by atoms with Crippen molar-refractivity contribution in [3.63, 3.8) is 0 Å². The molecule has 3 aromatic rings. The van der Waals surface area contributed by atoms with Gasteiger partial charge in [0.25, 0.3) is 0 Å². The maximum atomic E-state index is 12.2. The van der Waals surface area contributed by atoms with E-state index >= 15 is 0 Å². The van der Waals surface area contributed by atoms with Crippen LogP contribution in [0.4, 0.5) is 13.2 Å². The third kappa shape index (κ3) is 3.15. The lowest BCUT2D eigenvalue weighted by molar-refractivity contribution is -0.274. The average molecular weight is 337 g/mol. The number of halogens is 3. The first-order valence-corrected chi connectivity index (χ1v) is 7.26. The van der Waals surface area contributed by atoms with Gasteiger partial charge in [0.2, 0.25) is 0 Å². The van der Waals surface area contributed by atoms with E-state index in [1.165, 1.54) is 28.8 Å². The van der Waals surface area contributed by atoms with Gasteiger partial charge in [-0.3, -0.25) is 4.57 Å². The lowest BCUT2D eigenvalue weighted by Gasteiger charge is -2.10. The van der Waals surface area contributed by atoms with Gasteiger partial charge in [-0.05, 0) is 49.2 Å². The summed E-state index contributed by atoms with van der Waals surface area (Å²) >= 11 is 0. The Morgan fingerprint density at radius 2 is 1.67 bits per heavy atom. The highest BCUT2D eigenvalue weighted by Gasteiger charge is 2.30. The van der Waals surface area contributed by atoms with Crippen molar-refractivity contribution in [3.8, 4) is 16.9 Å². The number of hydrogen-bond donors (Lipinski definition) is 0. The summed E-state index contributed by atoms with van der Waals surface area (Å²) in [6.45, 7) is 3.73. The van der Waals surface area contributed by atoms with Crippen LogP contribution in [0.3, 0.4) is 0 Å². The molecule has 0 aliphatic rings. The van der Waals surface area contributed by atoms with Gasteiger partial charge in [-0.2, -0.15) is 0 Å². The van der Waals surface area contributed by atoms with Gasteiger partial charge in [-0.25, -0.2) is 4.79 Å². The van der Waals surface area contributed by atoms with Gasteiger partial charge in [-0.1, -0.05) is 18.2 Å². The van der Waals surface area contributed by atoms with Crippen LogP contribution >= 0.6 is 0 Å². The normalized spacial score (nSPS) is 12.1. The van der Waals surface area contributed by atoms with Gasteiger partial charge in [-0.15, -0.1) is 13.2 Å². The van der Waals surface area contributed by atoms with Gasteiger partial charge in [0.15, 0.2) is 5.58 Å². The second kappa shape index (κ2) is 5.74. The van der Waals surface area contributed by atoms with E-state index in [1.807, 2.05) is 13.8 Å². The molecule has 0 amide bonds. The van der Waals surface area contributed by atoms with Crippen LogP contribution in [-0.2, 0) is 0 Å². The Kier molecular flexibility index (Phi) is 3.87. The molecule has 0 spiro atoms. The van der Waals surface area contributed by atoms with Crippen LogP contribution in [0, 0.1) is 0 Å². The van der Waals surface area contributed by atoms with E-state index in [0.29, 0.717) is 16.7 Å². The van der Waals surface area contributed by atoms with E-state index in [-0.39, 0.29) is 11.8 Å². The van der Waals surface area contributed by atoms with Crippen molar-refractivity contribution >= 4 is 11.1 Å². The Balaban J connectivity index is 2.00. The fraction of sp³-hybridized carbons (Fsp3) is 0.235. The molecule has 7 heteroatoms. The third-order valence-corrected chi connectivity index (χ3v) is 3.55. The summed E-state index contributed by atoms with van der Waals surface area (Å²) in [6.07, 6.45) is -4.72. The number of oxazole rings is 1. The number of aromatic nitrogens is 1. The minimum Gasteiger partial charge on any atom is -0.408 e. The predicted octanol–water partition coefficient (Wildman–Crippen LogP) is 4.74. The van der Waals surface area contributed by atoms with Crippen LogP contribution in [0.25, 0.3) is 22.2 Å². The first-order chi connectivity index (χ1) is 11.2. The number of alkyl halides is 3. The summed E-state index contributed by atoms with van der Waals surface area (Å²) in [7, 11) is 0. The zero-order chi connectivity index (χ0) is 17.5. The Bertz CT molecular complexity index is 921. The second-order valence-corrected chi connectivity index (χ2v) is 5.59. The van der Waals surface area contributed by atoms with Crippen LogP contribution in [0.5, 0.6) is 5.75 Å². The summed E-state index contributed by atoms with van der Waals surface area (Å²) < 4.78 is 47.2. The molecule has 0 saturated heterocycles. The summed E-state index contributed by atoms with van der Waals surface area (Å²) in [5.41, 5.74) is 2.57. The van der Waals surface area contributed by atoms with Crippen LogP contribution in [0.2, 0.25) is 0 Å². The summed E-state index contributed by atoms with van der Waals surface area (Å²) in [5.74, 6) is -0.721. The monoisotopic (exact) mass is 337 g/mol. The molecule has 0 saturated carbocycles. The third-order valence-electron chi connectivity index (χ3n) is 3.55. The molecule has 0 aliphatic carbocycles. The van der Waals surface area contributed by atoms with Crippen LogP contribution < -0.4 is 10.5 Å². The molecule has 0 aliphatic heterocycles. The number of nitrogens with zero attached hydrogens (tertiary/aromatic N) is 1. The minimum absolute atomic E-state index is 0.0726. The van der Waals surface area contributed by atoms with Gasteiger partial charge in [0.05, 0.1) is 5.52 Å². The number of rotatable bonds is 3. The molecule has 0 fully saturated rings. The topological polar surface area (TPSA) is 44.4 Å². The molecular weight excluding hydrogens is 323 g/mol. The summed E-state index contributed by atoms with van der Waals surface area (Å²) in [4.78, 5) is 11.9. The zero-order valence-electron chi connectivity index (χ0n) is 12.9. The van der Waals surface area contributed by atoms with Gasteiger partial charge in [0.1, 0.15) is 5.75 Å². The van der Waals surface area contributed by atoms with Crippen LogP contribution in [0.15, 0.2) is 51.7 Å². The van der Waals surface area contributed by atoms with E-state index in [1.54, 1.807) is 18.2 Å². The number of benzene rings is 2. The van der Waals surface area contributed by atoms with Gasteiger partial charge >= 0.3 is 12.1 Å². The quantitative estimate of drug-likeness (QED) is 0.693. The molecule has 0 radical (unpaired) electrons. The lowest BCUT2D eigenvalue weighted by Crippen LogP contribution is -2.16. The average Bonchev–Trinajstić information content (AvgIpc) is 2.81. The summed E-state index contributed by atoms with van der Waals surface area (Å²) in [6, 6.07) is 10.7. The molecule has 0 bridgehead atoms. The SMILES string of the molecule is CC(C)n1c(=O)oc2ccc(-c3ccc(OC(F)(F)F)cc3)cc21. The van der Waals surface area contributed by atoms with Crippen LogP contribution in [0.1, 0.15) is 19.9 Å². The van der Waals surface area contributed by atoms with Crippen molar-refractivity contribution in [1.29, 1.82) is 0 Å². The van der Waals surface area contributed by atoms with Crippen molar-refractivity contribution in [3.05, 3.63) is 53.0 Å². The van der Waals surface area contributed by atoms with Crippen molar-refractivity contribution in [2.75, 3.05) is 0 Å². The second-order valence-electron chi connectivity index (χ2n) is 5.59. The molecule has 1 aromatic heterocycles. The van der Waals surface area contributed by atoms with Crippen molar-refractivity contribution in [1.82, 2.24) is 4.57 Å². The predicted molar refractivity (Wildman–Crippen MR) is 83.0 cm³/mol. The fourth-order valence-electron chi connectivity index (χ4n) is 2.55. The molecule has 2 aromatic carbocycles.